The van der Waals surface area contributed by atoms with E-state index in [1.165, 1.54) is 22.6 Å². The first-order chi connectivity index (χ1) is 13.2. The molecule has 2 aromatic carbocycles. The zero-order valence-electron chi connectivity index (χ0n) is 15.1. The van der Waals surface area contributed by atoms with Gasteiger partial charge < -0.3 is 5.32 Å². The van der Waals surface area contributed by atoms with Crippen molar-refractivity contribution in [2.45, 2.75) is 26.3 Å². The van der Waals surface area contributed by atoms with Gasteiger partial charge in [0.25, 0.3) is 0 Å². The fraction of sp³-hybridized carbons (Fsp3) is 0.182. The van der Waals surface area contributed by atoms with Crippen LogP contribution in [0, 0.1) is 5.82 Å². The summed E-state index contributed by atoms with van der Waals surface area (Å²) in [6, 6.07) is 18.9. The van der Waals surface area contributed by atoms with Crippen LogP contribution >= 0.6 is 11.3 Å². The highest BCUT2D eigenvalue weighted by molar-refractivity contribution is 7.18. The van der Waals surface area contributed by atoms with Gasteiger partial charge in [-0.2, -0.15) is 0 Å². The number of nitrogens with one attached hydrogen (secondary N) is 1. The molecule has 2 heterocycles. The average Bonchev–Trinajstić information content (AvgIpc) is 3.11. The standard InChI is InChI=1S/C22H20FN3S/c1-2-18-13-19-21(24-14-16-8-10-17(23)11-9-16)25-20(26-22(19)27-18)12-15-6-4-3-5-7-15/h3-11,13H,2,12,14H2,1H3,(H,24,25,26). The summed E-state index contributed by atoms with van der Waals surface area (Å²) in [5.41, 5.74) is 2.20. The Morgan fingerprint density at radius 2 is 1.74 bits per heavy atom. The molecule has 2 aromatic heterocycles. The lowest BCUT2D eigenvalue weighted by molar-refractivity contribution is 0.627. The van der Waals surface area contributed by atoms with Crippen LogP contribution in [0.4, 0.5) is 10.2 Å². The topological polar surface area (TPSA) is 37.8 Å². The molecular formula is C22H20FN3S. The maximum atomic E-state index is 13.1. The Hall–Kier alpha value is -2.79. The molecule has 0 amide bonds. The number of fused-ring (bicyclic) bond motifs is 1. The Labute approximate surface area is 161 Å². The maximum absolute atomic E-state index is 13.1. The van der Waals surface area contributed by atoms with E-state index < -0.39 is 0 Å². The van der Waals surface area contributed by atoms with Gasteiger partial charge >= 0.3 is 0 Å². The van der Waals surface area contributed by atoms with Gasteiger partial charge in [0, 0.05) is 17.8 Å². The van der Waals surface area contributed by atoms with E-state index >= 15 is 0 Å². The number of aryl methyl sites for hydroxylation is 1. The van der Waals surface area contributed by atoms with Crippen molar-refractivity contribution in [1.82, 2.24) is 9.97 Å². The minimum atomic E-state index is -0.223. The summed E-state index contributed by atoms with van der Waals surface area (Å²) < 4.78 is 13.1. The summed E-state index contributed by atoms with van der Waals surface area (Å²) in [6.07, 6.45) is 1.67. The quantitative estimate of drug-likeness (QED) is 0.475. The van der Waals surface area contributed by atoms with Crippen molar-refractivity contribution >= 4 is 27.4 Å². The van der Waals surface area contributed by atoms with Crippen molar-refractivity contribution < 1.29 is 4.39 Å². The van der Waals surface area contributed by atoms with E-state index in [1.807, 2.05) is 18.2 Å². The number of benzene rings is 2. The Kier molecular flexibility index (Phi) is 5.12. The van der Waals surface area contributed by atoms with Gasteiger partial charge in [-0.1, -0.05) is 49.4 Å². The smallest absolute Gasteiger partial charge is 0.138 e. The predicted octanol–water partition coefficient (Wildman–Crippen LogP) is 5.60. The molecule has 3 nitrogen and oxygen atoms in total. The molecule has 0 atom stereocenters. The lowest BCUT2D eigenvalue weighted by Crippen LogP contribution is -2.05. The van der Waals surface area contributed by atoms with Crippen molar-refractivity contribution in [2.75, 3.05) is 5.32 Å². The van der Waals surface area contributed by atoms with Crippen molar-refractivity contribution in [3.05, 3.63) is 88.3 Å². The first-order valence-corrected chi connectivity index (χ1v) is 9.84. The van der Waals surface area contributed by atoms with Crippen LogP contribution in [0.2, 0.25) is 0 Å². The third-order valence-electron chi connectivity index (χ3n) is 4.42. The van der Waals surface area contributed by atoms with Crippen molar-refractivity contribution in [3.8, 4) is 0 Å². The van der Waals surface area contributed by atoms with Gasteiger partial charge in [-0.05, 0) is 35.7 Å². The van der Waals surface area contributed by atoms with Crippen LogP contribution in [-0.4, -0.2) is 9.97 Å². The second-order valence-corrected chi connectivity index (χ2v) is 7.53. The third kappa shape index (κ3) is 4.14. The van der Waals surface area contributed by atoms with Crippen molar-refractivity contribution in [1.29, 1.82) is 0 Å². The van der Waals surface area contributed by atoms with Gasteiger partial charge in [-0.25, -0.2) is 14.4 Å². The van der Waals surface area contributed by atoms with Gasteiger partial charge in [0.1, 0.15) is 22.3 Å². The Morgan fingerprint density at radius 3 is 2.48 bits per heavy atom. The first-order valence-electron chi connectivity index (χ1n) is 9.03. The molecule has 0 fully saturated rings. The lowest BCUT2D eigenvalue weighted by Gasteiger charge is -2.09. The van der Waals surface area contributed by atoms with E-state index in [0.717, 1.165) is 33.8 Å². The van der Waals surface area contributed by atoms with Crippen LogP contribution in [0.25, 0.3) is 10.2 Å². The largest absolute Gasteiger partial charge is 0.365 e. The number of aromatic nitrogens is 2. The van der Waals surface area contributed by atoms with Crippen LogP contribution < -0.4 is 5.32 Å². The third-order valence-corrected chi connectivity index (χ3v) is 5.59. The minimum absolute atomic E-state index is 0.223. The number of thiophene rings is 1. The first kappa shape index (κ1) is 17.6. The molecule has 0 aliphatic carbocycles. The van der Waals surface area contributed by atoms with Crippen LogP contribution in [0.15, 0.2) is 60.7 Å². The summed E-state index contributed by atoms with van der Waals surface area (Å²) >= 11 is 1.72. The summed E-state index contributed by atoms with van der Waals surface area (Å²) in [5, 5.41) is 4.47. The van der Waals surface area contributed by atoms with Crippen LogP contribution in [-0.2, 0) is 19.4 Å². The highest BCUT2D eigenvalue weighted by Gasteiger charge is 2.12. The molecule has 0 aliphatic heterocycles. The summed E-state index contributed by atoms with van der Waals surface area (Å²) in [4.78, 5) is 11.9. The highest BCUT2D eigenvalue weighted by Crippen LogP contribution is 2.30. The van der Waals surface area contributed by atoms with Gasteiger partial charge in [0.2, 0.25) is 0 Å². The van der Waals surface area contributed by atoms with E-state index in [2.05, 4.69) is 30.4 Å². The van der Waals surface area contributed by atoms with Crippen LogP contribution in [0.5, 0.6) is 0 Å². The summed E-state index contributed by atoms with van der Waals surface area (Å²) in [5.74, 6) is 1.42. The van der Waals surface area contributed by atoms with Gasteiger partial charge in [0.15, 0.2) is 0 Å². The number of rotatable bonds is 6. The van der Waals surface area contributed by atoms with Gasteiger partial charge in [-0.3, -0.25) is 0 Å². The second-order valence-electron chi connectivity index (χ2n) is 6.42. The van der Waals surface area contributed by atoms with E-state index in [-0.39, 0.29) is 5.82 Å². The molecule has 0 unspecified atom stereocenters. The molecule has 5 heteroatoms. The molecule has 0 spiro atoms. The molecule has 4 aromatic rings. The second kappa shape index (κ2) is 7.84. The minimum Gasteiger partial charge on any atom is -0.365 e. The molecule has 0 radical (unpaired) electrons. The summed E-state index contributed by atoms with van der Waals surface area (Å²) in [7, 11) is 0. The molecule has 0 saturated carbocycles. The number of nitrogens with zero attached hydrogens (tertiary/aromatic N) is 2. The highest BCUT2D eigenvalue weighted by atomic mass is 32.1. The molecular weight excluding hydrogens is 357 g/mol. The van der Waals surface area contributed by atoms with Gasteiger partial charge in [-0.15, -0.1) is 11.3 Å². The number of anilines is 1. The van der Waals surface area contributed by atoms with E-state index in [4.69, 9.17) is 9.97 Å². The van der Waals surface area contributed by atoms with Crippen molar-refractivity contribution in [2.24, 2.45) is 0 Å². The molecule has 27 heavy (non-hydrogen) atoms. The molecule has 0 bridgehead atoms. The Bertz CT molecular complexity index is 1040. The predicted molar refractivity (Wildman–Crippen MR) is 110 cm³/mol. The fourth-order valence-corrected chi connectivity index (χ4v) is 3.96. The maximum Gasteiger partial charge on any atom is 0.138 e. The molecule has 4 rings (SSSR count). The van der Waals surface area contributed by atoms with Crippen molar-refractivity contribution in [3.63, 3.8) is 0 Å². The zero-order chi connectivity index (χ0) is 18.6. The van der Waals surface area contributed by atoms with E-state index in [0.29, 0.717) is 13.0 Å². The summed E-state index contributed by atoms with van der Waals surface area (Å²) in [6.45, 7) is 2.74. The fourth-order valence-electron chi connectivity index (χ4n) is 2.97. The number of hydrogen-bond acceptors (Lipinski definition) is 4. The molecule has 136 valence electrons. The van der Waals surface area contributed by atoms with Crippen LogP contribution in [0.1, 0.15) is 28.8 Å². The zero-order valence-corrected chi connectivity index (χ0v) is 15.9. The number of halogens is 1. The lowest BCUT2D eigenvalue weighted by atomic mass is 10.1. The normalized spacial score (nSPS) is 11.0. The molecule has 0 aliphatic rings. The van der Waals surface area contributed by atoms with Gasteiger partial charge in [0.05, 0.1) is 5.39 Å². The Morgan fingerprint density at radius 1 is 0.963 bits per heavy atom. The number of hydrogen-bond donors (Lipinski definition) is 1. The van der Waals surface area contributed by atoms with Crippen LogP contribution in [0.3, 0.4) is 0 Å². The molecule has 1 N–H and O–H groups in total. The monoisotopic (exact) mass is 377 g/mol. The molecule has 0 saturated heterocycles. The SMILES string of the molecule is CCc1cc2c(NCc3ccc(F)cc3)nc(Cc3ccccc3)nc2s1. The van der Waals surface area contributed by atoms with E-state index in [1.54, 1.807) is 23.5 Å². The van der Waals surface area contributed by atoms with E-state index in [9.17, 15) is 4.39 Å². The Balaban J connectivity index is 1.65. The average molecular weight is 377 g/mol.